The van der Waals surface area contributed by atoms with Gasteiger partial charge in [0.2, 0.25) is 5.79 Å². The second kappa shape index (κ2) is 10.2. The van der Waals surface area contributed by atoms with Gasteiger partial charge in [-0.2, -0.15) is 0 Å². The summed E-state index contributed by atoms with van der Waals surface area (Å²) >= 11 is 5.78. The van der Waals surface area contributed by atoms with Gasteiger partial charge in [-0.15, -0.1) is 0 Å². The van der Waals surface area contributed by atoms with Gasteiger partial charge in [-0.05, 0) is 61.1 Å². The molecule has 2 saturated heterocycles. The maximum Gasteiger partial charge on any atom is 0.255 e. The summed E-state index contributed by atoms with van der Waals surface area (Å²) in [6.07, 6.45) is 7.44. The number of amides is 1. The van der Waals surface area contributed by atoms with Gasteiger partial charge in [0.25, 0.3) is 5.91 Å². The number of carbonyl (C=O) groups is 1. The summed E-state index contributed by atoms with van der Waals surface area (Å²) in [7, 11) is 0. The Morgan fingerprint density at radius 3 is 2.50 bits per heavy atom. The molecule has 0 radical (unpaired) electrons. The minimum absolute atomic E-state index is 0.100. The summed E-state index contributed by atoms with van der Waals surface area (Å²) in [5.41, 5.74) is 3.34. The number of rotatable bonds is 5. The Labute approximate surface area is 217 Å². The number of hydrogen-bond donors (Lipinski definition) is 1. The minimum atomic E-state index is -0.506. The fourth-order valence-electron chi connectivity index (χ4n) is 5.70. The van der Waals surface area contributed by atoms with Crippen LogP contribution in [0.15, 0.2) is 36.4 Å². The highest BCUT2D eigenvalue weighted by molar-refractivity contribution is 6.10. The summed E-state index contributed by atoms with van der Waals surface area (Å²) in [4.78, 5) is 15.4. The predicted molar refractivity (Wildman–Crippen MR) is 136 cm³/mol. The van der Waals surface area contributed by atoms with Crippen molar-refractivity contribution in [2.45, 2.75) is 69.4 Å². The average Bonchev–Trinajstić information content (AvgIpc) is 2.89. The van der Waals surface area contributed by atoms with E-state index in [9.17, 15) is 4.79 Å². The topological polar surface area (TPSA) is 69.3 Å². The molecule has 3 heterocycles. The number of ether oxygens (including phenoxy) is 3. The van der Waals surface area contributed by atoms with E-state index in [-0.39, 0.29) is 11.9 Å². The number of nitrogens with one attached hydrogen (secondary N) is 1. The van der Waals surface area contributed by atoms with E-state index in [1.807, 2.05) is 18.2 Å². The molecule has 36 heavy (non-hydrogen) atoms. The fourth-order valence-corrected chi connectivity index (χ4v) is 5.82. The number of likely N-dealkylation sites (tertiary alicyclic amines) is 1. The van der Waals surface area contributed by atoms with Crippen LogP contribution in [0.3, 0.4) is 0 Å². The van der Waals surface area contributed by atoms with Crippen molar-refractivity contribution in [3.05, 3.63) is 47.5 Å². The Morgan fingerprint density at radius 1 is 1.03 bits per heavy atom. The highest BCUT2D eigenvalue weighted by atomic mass is 35.5. The van der Waals surface area contributed by atoms with Crippen molar-refractivity contribution in [2.24, 2.45) is 0 Å². The lowest BCUT2D eigenvalue weighted by Crippen LogP contribution is -2.54. The summed E-state index contributed by atoms with van der Waals surface area (Å²) < 4.78 is 23.2. The first-order valence-electron chi connectivity index (χ1n) is 13.1. The Bertz CT molecular complexity index is 1110. The molecule has 1 N–H and O–H groups in total. The van der Waals surface area contributed by atoms with Gasteiger partial charge in [-0.3, -0.25) is 9.69 Å². The molecule has 6 rings (SSSR count). The van der Waals surface area contributed by atoms with Gasteiger partial charge >= 0.3 is 0 Å². The number of halogens is 1. The first-order valence-corrected chi connectivity index (χ1v) is 13.4. The largest absolute Gasteiger partial charge is 0.462 e. The third-order valence-corrected chi connectivity index (χ3v) is 8.36. The van der Waals surface area contributed by atoms with Crippen molar-refractivity contribution in [2.75, 3.05) is 26.3 Å². The Morgan fingerprint density at radius 2 is 1.78 bits per heavy atom. The lowest BCUT2D eigenvalue weighted by molar-refractivity contribution is -0.231. The molecule has 2 aromatic rings. The number of hydrogen-bond acceptors (Lipinski definition) is 6. The molecule has 0 aromatic heterocycles. The first-order chi connectivity index (χ1) is 17.6. The maximum absolute atomic E-state index is 12.8. The number of benzene rings is 2. The summed E-state index contributed by atoms with van der Waals surface area (Å²) in [6.45, 7) is 3.92. The third kappa shape index (κ3) is 4.82. The van der Waals surface area contributed by atoms with E-state index in [1.54, 1.807) is 12.1 Å². The van der Waals surface area contributed by atoms with Gasteiger partial charge < -0.3 is 23.8 Å². The van der Waals surface area contributed by atoms with Gasteiger partial charge in [-0.25, -0.2) is 0 Å². The van der Waals surface area contributed by atoms with Crippen molar-refractivity contribution >= 4 is 17.8 Å². The van der Waals surface area contributed by atoms with E-state index in [0.717, 1.165) is 67.3 Å². The summed E-state index contributed by atoms with van der Waals surface area (Å²) in [5.74, 6) is 0.530. The van der Waals surface area contributed by atoms with Crippen LogP contribution in [0.1, 0.15) is 60.9 Å². The van der Waals surface area contributed by atoms with Gasteiger partial charge in [-0.1, -0.05) is 18.6 Å². The van der Waals surface area contributed by atoms with Gasteiger partial charge in [0.05, 0.1) is 12.2 Å². The minimum Gasteiger partial charge on any atom is -0.462 e. The van der Waals surface area contributed by atoms with Crippen LogP contribution in [0, 0.1) is 0 Å². The Hall–Kier alpha value is -2.32. The molecule has 0 atom stereocenters. The van der Waals surface area contributed by atoms with Gasteiger partial charge in [0.1, 0.15) is 17.6 Å². The zero-order valence-corrected chi connectivity index (χ0v) is 21.2. The molecule has 4 aliphatic rings. The second-order valence-corrected chi connectivity index (χ2v) is 10.5. The molecule has 1 saturated carbocycles. The SMILES string of the molecule is O=C(NC1CCOCC1)c1ccc(-c2ccc3c(c2)COC2(CCN(C4CCC4)CC2)O3)cc1OCl. The number of carbonyl (C=O) groups excluding carboxylic acids is 1. The predicted octanol–water partition coefficient (Wildman–Crippen LogP) is 5.05. The molecule has 0 unspecified atom stereocenters. The lowest BCUT2D eigenvalue weighted by atomic mass is 9.89. The van der Waals surface area contributed by atoms with Crippen LogP contribution in [0.25, 0.3) is 11.1 Å². The first kappa shape index (κ1) is 24.0. The highest BCUT2D eigenvalue weighted by Gasteiger charge is 2.42. The fraction of sp³-hybridized carbons (Fsp3) is 0.536. The van der Waals surface area contributed by atoms with Crippen LogP contribution in [-0.2, 0) is 16.1 Å². The van der Waals surface area contributed by atoms with Crippen molar-refractivity contribution < 1.29 is 23.3 Å². The molecule has 1 spiro atoms. The molecule has 2 aromatic carbocycles. The molecule has 7 nitrogen and oxygen atoms in total. The van der Waals surface area contributed by atoms with Crippen molar-refractivity contribution in [3.8, 4) is 22.6 Å². The molecular formula is C28H33ClN2O5. The van der Waals surface area contributed by atoms with E-state index in [1.165, 1.54) is 19.3 Å². The van der Waals surface area contributed by atoms with Crippen LogP contribution < -0.4 is 14.3 Å². The molecule has 0 bridgehead atoms. The number of piperidine rings is 1. The molecule has 1 amide bonds. The van der Waals surface area contributed by atoms with Crippen molar-refractivity contribution in [3.63, 3.8) is 0 Å². The zero-order valence-electron chi connectivity index (χ0n) is 20.5. The van der Waals surface area contributed by atoms with Crippen LogP contribution in [-0.4, -0.2) is 55.0 Å². The van der Waals surface area contributed by atoms with Crippen molar-refractivity contribution in [1.29, 1.82) is 0 Å². The Balaban J connectivity index is 1.15. The van der Waals surface area contributed by atoms with Crippen LogP contribution in [0.5, 0.6) is 11.5 Å². The standard InChI is InChI=1S/C28H33ClN2O5/c29-36-26-17-20(4-6-24(26)27(32)30-22-8-14-33-15-9-22)19-5-7-25-21(16-19)18-34-28(35-25)10-12-31(13-11-28)23-2-1-3-23/h4-7,16-17,22-23H,1-3,8-15,18H2,(H,30,32). The van der Waals surface area contributed by atoms with E-state index in [0.29, 0.717) is 31.1 Å². The third-order valence-electron chi connectivity index (χ3n) is 8.20. The van der Waals surface area contributed by atoms with E-state index in [2.05, 4.69) is 16.3 Å². The number of nitrogens with zero attached hydrogens (tertiary/aromatic N) is 1. The molecule has 192 valence electrons. The molecule has 3 fully saturated rings. The lowest BCUT2D eigenvalue weighted by Gasteiger charge is -2.47. The second-order valence-electron chi connectivity index (χ2n) is 10.4. The molecule has 8 heteroatoms. The smallest absolute Gasteiger partial charge is 0.255 e. The molecule has 1 aliphatic carbocycles. The average molecular weight is 513 g/mol. The Kier molecular flexibility index (Phi) is 6.82. The maximum atomic E-state index is 12.8. The zero-order chi connectivity index (χ0) is 24.5. The number of fused-ring (bicyclic) bond motifs is 1. The van der Waals surface area contributed by atoms with Gasteiger partial charge in [0, 0.05) is 56.8 Å². The van der Waals surface area contributed by atoms with Crippen LogP contribution in [0.2, 0.25) is 0 Å². The van der Waals surface area contributed by atoms with E-state index in [4.69, 9.17) is 30.4 Å². The summed E-state index contributed by atoms with van der Waals surface area (Å²) in [6, 6.07) is 12.5. The van der Waals surface area contributed by atoms with Crippen LogP contribution in [0.4, 0.5) is 0 Å². The highest BCUT2D eigenvalue weighted by Crippen LogP contribution is 2.41. The summed E-state index contributed by atoms with van der Waals surface area (Å²) in [5, 5.41) is 3.06. The van der Waals surface area contributed by atoms with E-state index >= 15 is 0 Å². The van der Waals surface area contributed by atoms with E-state index < -0.39 is 5.79 Å². The van der Waals surface area contributed by atoms with Crippen LogP contribution >= 0.6 is 11.9 Å². The van der Waals surface area contributed by atoms with Gasteiger partial charge in [0.15, 0.2) is 5.75 Å². The molecule has 3 aliphatic heterocycles. The monoisotopic (exact) mass is 512 g/mol. The quantitative estimate of drug-likeness (QED) is 0.604. The normalized spacial score (nSPS) is 22.4. The van der Waals surface area contributed by atoms with Crippen molar-refractivity contribution in [1.82, 2.24) is 10.2 Å². The molecular weight excluding hydrogens is 480 g/mol.